The van der Waals surface area contributed by atoms with Crippen molar-refractivity contribution in [2.45, 2.75) is 38.2 Å². The normalized spacial score (nSPS) is 25.1. The Morgan fingerprint density at radius 3 is 2.48 bits per heavy atom. The molecule has 1 heterocycles. The summed E-state index contributed by atoms with van der Waals surface area (Å²) in [7, 11) is 0. The second kappa shape index (κ2) is 8.70. The number of benzene rings is 1. The van der Waals surface area contributed by atoms with E-state index in [0.717, 1.165) is 25.7 Å². The molecule has 3 rings (SSSR count). The fourth-order valence-corrected chi connectivity index (χ4v) is 4.06. The van der Waals surface area contributed by atoms with Gasteiger partial charge in [0.1, 0.15) is 11.6 Å². The van der Waals surface area contributed by atoms with E-state index in [9.17, 15) is 9.59 Å². The van der Waals surface area contributed by atoms with Crippen molar-refractivity contribution in [3.8, 4) is 5.75 Å². The number of ether oxygens (including phenoxy) is 1. The van der Waals surface area contributed by atoms with Crippen molar-refractivity contribution < 1.29 is 14.3 Å². The van der Waals surface area contributed by atoms with E-state index in [4.69, 9.17) is 27.9 Å². The Labute approximate surface area is 170 Å². The third kappa shape index (κ3) is 4.69. The molecule has 2 aliphatic rings. The van der Waals surface area contributed by atoms with Gasteiger partial charge >= 0.3 is 0 Å². The first kappa shape index (κ1) is 20.3. The van der Waals surface area contributed by atoms with Crippen molar-refractivity contribution in [1.29, 1.82) is 0 Å². The van der Waals surface area contributed by atoms with Crippen molar-refractivity contribution in [2.24, 2.45) is 11.8 Å². The molecule has 2 amide bonds. The lowest BCUT2D eigenvalue weighted by Gasteiger charge is -2.35. The van der Waals surface area contributed by atoms with E-state index in [0.29, 0.717) is 36.3 Å². The van der Waals surface area contributed by atoms with Crippen LogP contribution in [0.5, 0.6) is 5.75 Å². The number of nitrogens with one attached hydrogen (secondary N) is 1. The summed E-state index contributed by atoms with van der Waals surface area (Å²) in [4.78, 5) is 26.4. The molecule has 0 radical (unpaired) electrons. The molecular formula is C20H26Cl2N2O3. The summed E-state index contributed by atoms with van der Waals surface area (Å²) in [6, 6.07) is 7.18. The SMILES string of the molecule is CC[C@@H]1C[C@@]1(Oc1ccc(Cl)cc1)C(=O)N1CCC(CNC(=O)CCl)CC1. The van der Waals surface area contributed by atoms with Gasteiger partial charge in [0, 0.05) is 37.0 Å². The van der Waals surface area contributed by atoms with Crippen LogP contribution < -0.4 is 10.1 Å². The van der Waals surface area contributed by atoms with Crippen LogP contribution in [-0.4, -0.2) is 47.8 Å². The Kier molecular flexibility index (Phi) is 6.53. The summed E-state index contributed by atoms with van der Waals surface area (Å²) in [5, 5.41) is 3.48. The molecule has 27 heavy (non-hydrogen) atoms. The minimum Gasteiger partial charge on any atom is -0.477 e. The van der Waals surface area contributed by atoms with Crippen molar-refractivity contribution in [2.75, 3.05) is 25.5 Å². The number of amides is 2. The Hall–Kier alpha value is -1.46. The second-order valence-corrected chi connectivity index (χ2v) is 8.13. The van der Waals surface area contributed by atoms with Gasteiger partial charge in [-0.3, -0.25) is 9.59 Å². The summed E-state index contributed by atoms with van der Waals surface area (Å²) in [6.45, 7) is 4.11. The number of rotatable bonds is 7. The zero-order valence-corrected chi connectivity index (χ0v) is 17.1. The number of likely N-dealkylation sites (tertiary alicyclic amines) is 1. The van der Waals surface area contributed by atoms with Crippen LogP contribution in [0.1, 0.15) is 32.6 Å². The van der Waals surface area contributed by atoms with Crippen molar-refractivity contribution in [3.63, 3.8) is 0 Å². The highest BCUT2D eigenvalue weighted by molar-refractivity contribution is 6.30. The number of halogens is 2. The average molecular weight is 413 g/mol. The lowest BCUT2D eigenvalue weighted by molar-refractivity contribution is -0.143. The van der Waals surface area contributed by atoms with Gasteiger partial charge in [-0.15, -0.1) is 11.6 Å². The summed E-state index contributed by atoms with van der Waals surface area (Å²) in [5.41, 5.74) is -0.734. The van der Waals surface area contributed by atoms with E-state index in [1.54, 1.807) is 12.1 Å². The standard InChI is InChI=1S/C20H26Cl2N2O3/c1-2-15-11-20(15,27-17-5-3-16(22)4-6-17)19(26)24-9-7-14(8-10-24)13-23-18(25)12-21/h3-6,14-15H,2,7-13H2,1H3,(H,23,25)/t15-,20+/m1/s1. The van der Waals surface area contributed by atoms with Gasteiger partial charge in [-0.25, -0.2) is 0 Å². The summed E-state index contributed by atoms with van der Waals surface area (Å²) in [5.74, 6) is 1.25. The fourth-order valence-electron chi connectivity index (χ4n) is 3.84. The van der Waals surface area contributed by atoms with Gasteiger partial charge in [-0.1, -0.05) is 18.5 Å². The molecule has 5 nitrogen and oxygen atoms in total. The van der Waals surface area contributed by atoms with Gasteiger partial charge in [0.05, 0.1) is 0 Å². The number of alkyl halides is 1. The smallest absolute Gasteiger partial charge is 0.267 e. The number of carbonyl (C=O) groups is 2. The first-order valence-electron chi connectivity index (χ1n) is 9.55. The minimum atomic E-state index is -0.734. The molecule has 1 aromatic rings. The monoisotopic (exact) mass is 412 g/mol. The summed E-state index contributed by atoms with van der Waals surface area (Å²) in [6.07, 6.45) is 3.43. The molecule has 1 aromatic carbocycles. The average Bonchev–Trinajstić information content (AvgIpc) is 3.42. The Balaban J connectivity index is 1.58. The van der Waals surface area contributed by atoms with Crippen LogP contribution in [0.4, 0.5) is 0 Å². The Morgan fingerprint density at radius 2 is 1.93 bits per heavy atom. The molecule has 7 heteroatoms. The zero-order chi connectivity index (χ0) is 19.4. The highest BCUT2D eigenvalue weighted by Gasteiger charge is 2.63. The molecule has 1 N–H and O–H groups in total. The van der Waals surface area contributed by atoms with Gasteiger partial charge in [-0.2, -0.15) is 0 Å². The van der Waals surface area contributed by atoms with Crippen molar-refractivity contribution >= 4 is 35.0 Å². The minimum absolute atomic E-state index is 0.0136. The quantitative estimate of drug-likeness (QED) is 0.697. The predicted octanol–water partition coefficient (Wildman–Crippen LogP) is 3.48. The number of nitrogens with zero attached hydrogens (tertiary/aromatic N) is 1. The van der Waals surface area contributed by atoms with Crippen molar-refractivity contribution in [1.82, 2.24) is 10.2 Å². The zero-order valence-electron chi connectivity index (χ0n) is 15.5. The first-order valence-corrected chi connectivity index (χ1v) is 10.5. The topological polar surface area (TPSA) is 58.6 Å². The highest BCUT2D eigenvalue weighted by atomic mass is 35.5. The van der Waals surface area contributed by atoms with Crippen molar-refractivity contribution in [3.05, 3.63) is 29.3 Å². The maximum Gasteiger partial charge on any atom is 0.267 e. The lowest BCUT2D eigenvalue weighted by Crippen LogP contribution is -2.49. The molecular weight excluding hydrogens is 387 g/mol. The maximum atomic E-state index is 13.2. The molecule has 2 atom stereocenters. The van der Waals surface area contributed by atoms with Gasteiger partial charge < -0.3 is 15.0 Å². The summed E-state index contributed by atoms with van der Waals surface area (Å²) >= 11 is 11.5. The number of hydrogen-bond donors (Lipinski definition) is 1. The van der Waals surface area contributed by atoms with Gasteiger partial charge in [0.2, 0.25) is 5.91 Å². The van der Waals surface area contributed by atoms with Crippen LogP contribution in [-0.2, 0) is 9.59 Å². The Morgan fingerprint density at radius 1 is 1.26 bits per heavy atom. The lowest BCUT2D eigenvalue weighted by atomic mass is 9.96. The third-order valence-electron chi connectivity index (χ3n) is 5.63. The Bertz CT molecular complexity index is 674. The molecule has 1 aliphatic heterocycles. The van der Waals surface area contributed by atoms with E-state index < -0.39 is 5.60 Å². The third-order valence-corrected chi connectivity index (χ3v) is 6.12. The van der Waals surface area contributed by atoms with Crippen LogP contribution in [0.15, 0.2) is 24.3 Å². The first-order chi connectivity index (χ1) is 13.0. The number of hydrogen-bond acceptors (Lipinski definition) is 3. The molecule has 1 aliphatic carbocycles. The molecule has 0 spiro atoms. The predicted molar refractivity (Wildman–Crippen MR) is 106 cm³/mol. The van der Waals surface area contributed by atoms with Crippen LogP contribution in [0.25, 0.3) is 0 Å². The molecule has 1 saturated carbocycles. The molecule has 1 saturated heterocycles. The molecule has 0 unspecified atom stereocenters. The molecule has 0 bridgehead atoms. The van der Waals surface area contributed by atoms with E-state index in [1.165, 1.54) is 0 Å². The number of piperidine rings is 1. The van der Waals surface area contributed by atoms with Crippen LogP contribution in [0.2, 0.25) is 5.02 Å². The van der Waals surface area contributed by atoms with E-state index in [-0.39, 0.29) is 23.6 Å². The van der Waals surface area contributed by atoms with Gasteiger partial charge in [0.25, 0.3) is 5.91 Å². The second-order valence-electron chi connectivity index (χ2n) is 7.43. The highest BCUT2D eigenvalue weighted by Crippen LogP contribution is 2.50. The molecule has 2 fully saturated rings. The molecule has 0 aromatic heterocycles. The van der Waals surface area contributed by atoms with Gasteiger partial charge in [0.15, 0.2) is 5.60 Å². The number of carbonyl (C=O) groups excluding carboxylic acids is 2. The maximum absolute atomic E-state index is 13.2. The van der Waals surface area contributed by atoms with E-state index in [2.05, 4.69) is 12.2 Å². The van der Waals surface area contributed by atoms with E-state index in [1.807, 2.05) is 17.0 Å². The largest absolute Gasteiger partial charge is 0.477 e. The van der Waals surface area contributed by atoms with Crippen LogP contribution >= 0.6 is 23.2 Å². The summed E-state index contributed by atoms with van der Waals surface area (Å²) < 4.78 is 6.19. The molecule has 148 valence electrons. The van der Waals surface area contributed by atoms with Crippen LogP contribution in [0.3, 0.4) is 0 Å². The van der Waals surface area contributed by atoms with Crippen LogP contribution in [0, 0.1) is 11.8 Å². The van der Waals surface area contributed by atoms with Gasteiger partial charge in [-0.05, 0) is 49.4 Å². The van der Waals surface area contributed by atoms with E-state index >= 15 is 0 Å². The fraction of sp³-hybridized carbons (Fsp3) is 0.600.